The number of fused-ring (bicyclic) bond motifs is 1. The Kier molecular flexibility index (Phi) is 23.8. The Hall–Kier alpha value is -5.87. The highest BCUT2D eigenvalue weighted by atomic mass is 35.5. The molecule has 4 N–H and O–H groups in total. The van der Waals surface area contributed by atoms with Gasteiger partial charge in [0.15, 0.2) is 11.3 Å². The first-order valence-electron chi connectivity index (χ1n) is 26.8. The van der Waals surface area contributed by atoms with E-state index in [2.05, 4.69) is 26.3 Å². The van der Waals surface area contributed by atoms with Gasteiger partial charge >= 0.3 is 5.63 Å². The van der Waals surface area contributed by atoms with Gasteiger partial charge in [-0.3, -0.25) is 24.2 Å². The van der Waals surface area contributed by atoms with Crippen LogP contribution in [-0.4, -0.2) is 131 Å². The molecule has 78 heavy (non-hydrogen) atoms. The summed E-state index contributed by atoms with van der Waals surface area (Å²) in [5, 5.41) is 15.7. The van der Waals surface area contributed by atoms with Crippen molar-refractivity contribution in [3.63, 3.8) is 0 Å². The fourth-order valence-electron chi connectivity index (χ4n) is 9.42. The summed E-state index contributed by atoms with van der Waals surface area (Å²) in [6.07, 6.45) is 13.0. The molecule has 3 amide bonds. The number of carbonyl (C=O) groups is 4. The molecular weight excluding hydrogens is 1070 g/mol. The lowest BCUT2D eigenvalue weighted by Crippen LogP contribution is -2.55. The van der Waals surface area contributed by atoms with Gasteiger partial charge in [0, 0.05) is 54.3 Å². The summed E-state index contributed by atoms with van der Waals surface area (Å²) in [5.41, 5.74) is 1.21. The topological polar surface area (TPSA) is 231 Å². The van der Waals surface area contributed by atoms with Crippen molar-refractivity contribution >= 4 is 80.4 Å². The van der Waals surface area contributed by atoms with Gasteiger partial charge in [-0.15, -0.1) is 11.3 Å². The lowest BCUT2D eigenvalue weighted by molar-refractivity contribution is -0.139. The molecule has 2 aromatic carbocycles. The van der Waals surface area contributed by atoms with E-state index >= 15 is 0 Å². The third-order valence-corrected chi connectivity index (χ3v) is 15.2. The highest BCUT2D eigenvalue weighted by molar-refractivity contribution is 7.10. The Morgan fingerprint density at radius 2 is 1.58 bits per heavy atom. The standard InChI is InChI=1S/C56H71Cl2N7O12S/c1-36(59-2)54(69)64-49(37-13-7-6-8-14-37)56(70)65-22-12-17-45(65)55-63-44(35-78-55)51(68)38-15-11-16-39(31-38)75-30-29-74-28-27-73-26-25-72-24-21-61-47(66)18-9-4-5-10-23-76-53-46(71-3)20-19-40-43(32-48(67)77-52(40)53)62-50-41(57)33-60-34-42(50)58/h11,15-16,19-20,31-37,45,49,59H,4-10,12-14,17-18,21-30H2,1-3H3,(H,60,62)(H,61,66)(H,64,69). The van der Waals surface area contributed by atoms with E-state index in [0.717, 1.165) is 69.2 Å². The van der Waals surface area contributed by atoms with Crippen LogP contribution in [0.2, 0.25) is 10.0 Å². The number of nitrogens with zero attached hydrogens (tertiary/aromatic N) is 3. The van der Waals surface area contributed by atoms with Crippen molar-refractivity contribution in [1.29, 1.82) is 0 Å². The number of unbranched alkanes of at least 4 members (excludes halogenated alkanes) is 3. The molecule has 1 aliphatic carbocycles. The minimum absolute atomic E-state index is 0.0434. The predicted molar refractivity (Wildman–Crippen MR) is 299 cm³/mol. The minimum atomic E-state index is -0.601. The van der Waals surface area contributed by atoms with Crippen LogP contribution in [0.5, 0.6) is 17.2 Å². The monoisotopic (exact) mass is 1140 g/mol. The summed E-state index contributed by atoms with van der Waals surface area (Å²) in [6.45, 7) is 5.55. The number of ketones is 1. The van der Waals surface area contributed by atoms with Crippen molar-refractivity contribution in [1.82, 2.24) is 30.8 Å². The van der Waals surface area contributed by atoms with E-state index in [0.29, 0.717) is 117 Å². The molecule has 22 heteroatoms. The largest absolute Gasteiger partial charge is 0.493 e. The quantitative estimate of drug-likeness (QED) is 0.0179. The van der Waals surface area contributed by atoms with Crippen molar-refractivity contribution in [2.75, 3.05) is 85.4 Å². The molecule has 0 spiro atoms. The van der Waals surface area contributed by atoms with Gasteiger partial charge in [0.25, 0.3) is 0 Å². The Morgan fingerprint density at radius 3 is 2.32 bits per heavy atom. The van der Waals surface area contributed by atoms with Crippen LogP contribution in [-0.2, 0) is 28.6 Å². The highest BCUT2D eigenvalue weighted by Gasteiger charge is 2.40. The third kappa shape index (κ3) is 17.1. The van der Waals surface area contributed by atoms with Crippen LogP contribution in [0.4, 0.5) is 11.4 Å². The number of hydrogen-bond donors (Lipinski definition) is 4. The average Bonchev–Trinajstić information content (AvgIpc) is 4.18. The first-order valence-corrected chi connectivity index (χ1v) is 28.4. The van der Waals surface area contributed by atoms with Crippen LogP contribution in [0.1, 0.15) is 111 Å². The fourth-order valence-corrected chi connectivity index (χ4v) is 10.8. The van der Waals surface area contributed by atoms with Crippen molar-refractivity contribution in [3.05, 3.63) is 97.0 Å². The number of aromatic nitrogens is 2. The van der Waals surface area contributed by atoms with E-state index in [1.165, 1.54) is 36.9 Å². The Labute approximate surface area is 468 Å². The van der Waals surface area contributed by atoms with Crippen LogP contribution >= 0.6 is 34.5 Å². The van der Waals surface area contributed by atoms with Crippen LogP contribution in [0.25, 0.3) is 11.0 Å². The number of rotatable bonds is 32. The minimum Gasteiger partial charge on any atom is -0.493 e. The molecule has 7 rings (SSSR count). The number of likely N-dealkylation sites (tertiary alicyclic amines) is 1. The number of pyridine rings is 1. The molecule has 0 bridgehead atoms. The SMILES string of the molecule is CNC(C)C(=O)NC(C(=O)N1CCCC1c1nc(C(=O)c2cccc(OCCOCCOCCOCCNC(=O)CCCCCCOc3c(OC)ccc4c(Nc5c(Cl)cncc5Cl)cc(=O)oc34)c2)cs1)C1CCCCC1. The predicted octanol–water partition coefficient (Wildman–Crippen LogP) is 8.85. The Balaban J connectivity index is 0.709. The molecule has 3 atom stereocenters. The van der Waals surface area contributed by atoms with Crippen LogP contribution in [0, 0.1) is 5.92 Å². The van der Waals surface area contributed by atoms with Gasteiger partial charge in [-0.1, -0.05) is 67.4 Å². The first-order chi connectivity index (χ1) is 37.9. The second-order valence-corrected chi connectivity index (χ2v) is 20.8. The maximum Gasteiger partial charge on any atom is 0.338 e. The Morgan fingerprint density at radius 1 is 0.846 bits per heavy atom. The van der Waals surface area contributed by atoms with Crippen molar-refractivity contribution in [2.24, 2.45) is 5.92 Å². The molecule has 3 unspecified atom stereocenters. The highest BCUT2D eigenvalue weighted by Crippen LogP contribution is 2.41. The second-order valence-electron chi connectivity index (χ2n) is 19.1. The van der Waals surface area contributed by atoms with Crippen molar-refractivity contribution in [3.8, 4) is 17.2 Å². The molecule has 2 fully saturated rings. The number of ether oxygens (including phenoxy) is 6. The first kappa shape index (κ1) is 59.8. The van der Waals surface area contributed by atoms with E-state index in [-0.39, 0.29) is 57.7 Å². The van der Waals surface area contributed by atoms with Gasteiger partial charge in [-0.25, -0.2) is 9.78 Å². The van der Waals surface area contributed by atoms with Crippen molar-refractivity contribution in [2.45, 2.75) is 102 Å². The van der Waals surface area contributed by atoms with Gasteiger partial charge in [-0.05, 0) is 82.7 Å². The molecule has 4 heterocycles. The zero-order valence-corrected chi connectivity index (χ0v) is 46.9. The van der Waals surface area contributed by atoms with E-state index in [1.807, 2.05) is 4.90 Å². The average molecular weight is 1140 g/mol. The van der Waals surface area contributed by atoms with Crippen LogP contribution in [0.15, 0.2) is 69.5 Å². The van der Waals surface area contributed by atoms with Gasteiger partial charge in [-0.2, -0.15) is 0 Å². The third-order valence-electron chi connectivity index (χ3n) is 13.7. The van der Waals surface area contributed by atoms with Crippen molar-refractivity contribution < 1.29 is 52.0 Å². The molecule has 19 nitrogen and oxygen atoms in total. The molecule has 3 aromatic heterocycles. The molecule has 0 radical (unpaired) electrons. The number of nitrogens with one attached hydrogen (secondary N) is 4. The number of benzene rings is 2. The zero-order valence-electron chi connectivity index (χ0n) is 44.5. The lowest BCUT2D eigenvalue weighted by atomic mass is 9.83. The van der Waals surface area contributed by atoms with E-state index in [9.17, 15) is 24.0 Å². The Bertz CT molecular complexity index is 2810. The summed E-state index contributed by atoms with van der Waals surface area (Å²) in [5.74, 6) is 0.807. The number of likely N-dealkylation sites (N-methyl/N-ethyl adjacent to an activating group) is 1. The summed E-state index contributed by atoms with van der Waals surface area (Å²) >= 11 is 14.0. The number of halogens is 2. The van der Waals surface area contributed by atoms with Crippen LogP contribution in [0.3, 0.4) is 0 Å². The van der Waals surface area contributed by atoms with E-state index < -0.39 is 17.7 Å². The molecule has 1 saturated heterocycles. The summed E-state index contributed by atoms with van der Waals surface area (Å²) < 4.78 is 39.9. The number of thiazole rings is 1. The molecule has 5 aromatic rings. The molecule has 422 valence electrons. The molecular formula is C56H71Cl2N7O12S. The van der Waals surface area contributed by atoms with Gasteiger partial charge < -0.3 is 59.0 Å². The molecule has 1 aliphatic heterocycles. The fraction of sp³-hybridized carbons (Fsp3) is 0.518. The summed E-state index contributed by atoms with van der Waals surface area (Å²) in [6, 6.07) is 10.5. The number of methoxy groups -OCH3 is 1. The van der Waals surface area contributed by atoms with E-state index in [4.69, 9.17) is 61.0 Å². The zero-order chi connectivity index (χ0) is 55.2. The van der Waals surface area contributed by atoms with E-state index in [1.54, 1.807) is 55.7 Å². The number of anilines is 2. The lowest BCUT2D eigenvalue weighted by Gasteiger charge is -2.35. The van der Waals surface area contributed by atoms with Gasteiger partial charge in [0.2, 0.25) is 29.3 Å². The summed E-state index contributed by atoms with van der Waals surface area (Å²) in [4.78, 5) is 76.4. The molecule has 1 saturated carbocycles. The summed E-state index contributed by atoms with van der Waals surface area (Å²) in [7, 11) is 3.24. The molecule has 2 aliphatic rings. The number of hydrogen-bond acceptors (Lipinski definition) is 17. The normalized spacial score (nSPS) is 15.4. The second kappa shape index (κ2) is 31.1. The number of carbonyl (C=O) groups excluding carboxylic acids is 4. The smallest absolute Gasteiger partial charge is 0.338 e. The maximum absolute atomic E-state index is 14.2. The maximum atomic E-state index is 14.2. The van der Waals surface area contributed by atoms with Gasteiger partial charge in [0.1, 0.15) is 29.1 Å². The van der Waals surface area contributed by atoms with Crippen LogP contribution < -0.4 is 41.1 Å². The number of amides is 3. The van der Waals surface area contributed by atoms with Gasteiger partial charge in [0.05, 0.1) is 86.9 Å².